The van der Waals surface area contributed by atoms with Crippen LogP contribution in [-0.4, -0.2) is 56.3 Å². The van der Waals surface area contributed by atoms with Gasteiger partial charge in [0, 0.05) is 25.7 Å². The molecule has 26 heavy (non-hydrogen) atoms. The molecule has 0 saturated heterocycles. The third-order valence-corrected chi connectivity index (χ3v) is 7.03. The second kappa shape index (κ2) is 8.92. The average molecular weight is 384 g/mol. The minimum Gasteiger partial charge on any atom is -0.308 e. The molecule has 0 radical (unpaired) electrons. The van der Waals surface area contributed by atoms with E-state index in [4.69, 9.17) is 0 Å². The zero-order chi connectivity index (χ0) is 19.3. The van der Waals surface area contributed by atoms with E-state index < -0.39 is 14.9 Å². The van der Waals surface area contributed by atoms with Crippen molar-refractivity contribution in [3.63, 3.8) is 0 Å². The Balaban J connectivity index is 2.39. The van der Waals surface area contributed by atoms with Crippen LogP contribution >= 0.6 is 0 Å². The van der Waals surface area contributed by atoms with E-state index in [0.717, 1.165) is 25.7 Å². The van der Waals surface area contributed by atoms with Gasteiger partial charge in [0.15, 0.2) is 4.90 Å². The summed E-state index contributed by atoms with van der Waals surface area (Å²) < 4.78 is 28.2. The van der Waals surface area contributed by atoms with Gasteiger partial charge in [0.1, 0.15) is 0 Å². The summed E-state index contributed by atoms with van der Waals surface area (Å²) in [6, 6.07) is 4.41. The minimum atomic E-state index is -3.94. The summed E-state index contributed by atoms with van der Waals surface area (Å²) >= 11 is 0. The molecule has 0 aliphatic heterocycles. The fraction of sp³-hybridized carbons (Fsp3) is 0.667. The van der Waals surface area contributed by atoms with Crippen molar-refractivity contribution in [1.82, 2.24) is 9.21 Å². The maximum absolute atomic E-state index is 13.4. The summed E-state index contributed by atoms with van der Waals surface area (Å²) in [5.41, 5.74) is 0.0706. The lowest BCUT2D eigenvalue weighted by Crippen LogP contribution is -2.40. The van der Waals surface area contributed by atoms with E-state index in [9.17, 15) is 18.5 Å². The number of likely N-dealkylation sites (N-methyl/N-ethyl adjacent to an activating group) is 1. The Labute approximate surface area is 156 Å². The number of hydrogen-bond donors (Lipinski definition) is 0. The lowest BCUT2D eigenvalue weighted by Gasteiger charge is -2.30. The van der Waals surface area contributed by atoms with Crippen LogP contribution in [0.4, 0.5) is 5.69 Å². The number of sulfonamides is 1. The molecule has 0 heterocycles. The molecule has 8 heteroatoms. The molecular weight excluding hydrogens is 354 g/mol. The van der Waals surface area contributed by atoms with Crippen molar-refractivity contribution in [2.45, 2.75) is 43.9 Å². The van der Waals surface area contributed by atoms with Crippen LogP contribution in [0.3, 0.4) is 0 Å². The molecule has 7 nitrogen and oxygen atoms in total. The number of benzene rings is 1. The zero-order valence-corrected chi connectivity index (χ0v) is 16.7. The van der Waals surface area contributed by atoms with E-state index in [2.05, 4.69) is 0 Å². The van der Waals surface area contributed by atoms with E-state index >= 15 is 0 Å². The van der Waals surface area contributed by atoms with Gasteiger partial charge in [-0.25, -0.2) is 8.42 Å². The highest BCUT2D eigenvalue weighted by Gasteiger charge is 2.34. The number of hydrogen-bond acceptors (Lipinski definition) is 5. The lowest BCUT2D eigenvalue weighted by atomic mass is 9.89. The van der Waals surface area contributed by atoms with Crippen LogP contribution in [0.5, 0.6) is 0 Å². The third kappa shape index (κ3) is 5.02. The first-order valence-electron chi connectivity index (χ1n) is 9.12. The van der Waals surface area contributed by atoms with Gasteiger partial charge in [-0.3, -0.25) is 10.1 Å². The maximum Gasteiger partial charge on any atom is 0.289 e. The van der Waals surface area contributed by atoms with Gasteiger partial charge in [-0.05, 0) is 45.3 Å². The number of rotatable bonds is 8. The first kappa shape index (κ1) is 20.8. The molecule has 0 N–H and O–H groups in total. The highest BCUT2D eigenvalue weighted by Crippen LogP contribution is 2.32. The van der Waals surface area contributed by atoms with Gasteiger partial charge in [0.2, 0.25) is 10.0 Å². The predicted octanol–water partition coefficient (Wildman–Crippen LogP) is 3.04. The number of nitro groups is 1. The fourth-order valence-electron chi connectivity index (χ4n) is 3.52. The van der Waals surface area contributed by atoms with Crippen LogP contribution < -0.4 is 0 Å². The van der Waals surface area contributed by atoms with E-state index in [1.165, 1.54) is 22.9 Å². The number of nitrogens with zero attached hydrogens (tertiary/aromatic N) is 3. The van der Waals surface area contributed by atoms with Crippen molar-refractivity contribution in [2.75, 3.05) is 33.7 Å². The molecule has 0 aromatic heterocycles. The predicted molar refractivity (Wildman–Crippen MR) is 102 cm³/mol. The second-order valence-corrected chi connectivity index (χ2v) is 9.23. The first-order valence-corrected chi connectivity index (χ1v) is 10.6. The highest BCUT2D eigenvalue weighted by atomic mass is 32.2. The molecule has 1 aliphatic carbocycles. The molecule has 1 aromatic carbocycles. The summed E-state index contributed by atoms with van der Waals surface area (Å²) in [6.07, 6.45) is 5.48. The van der Waals surface area contributed by atoms with E-state index in [1.54, 1.807) is 13.0 Å². The van der Waals surface area contributed by atoms with Gasteiger partial charge in [0.05, 0.1) is 4.92 Å². The molecule has 0 amide bonds. The van der Waals surface area contributed by atoms with Gasteiger partial charge in [-0.15, -0.1) is 0 Å². The van der Waals surface area contributed by atoms with Gasteiger partial charge >= 0.3 is 0 Å². The Kier molecular flexibility index (Phi) is 7.14. The van der Waals surface area contributed by atoms with Crippen molar-refractivity contribution < 1.29 is 13.3 Å². The van der Waals surface area contributed by atoms with Crippen LogP contribution in [0.15, 0.2) is 23.1 Å². The minimum absolute atomic E-state index is 0.167. The van der Waals surface area contributed by atoms with Crippen LogP contribution in [0.25, 0.3) is 0 Å². The summed E-state index contributed by atoms with van der Waals surface area (Å²) in [5, 5.41) is 11.4. The molecule has 2 rings (SSSR count). The highest BCUT2D eigenvalue weighted by molar-refractivity contribution is 7.89. The largest absolute Gasteiger partial charge is 0.308 e. The van der Waals surface area contributed by atoms with Gasteiger partial charge in [-0.1, -0.05) is 31.4 Å². The normalized spacial score (nSPS) is 16.3. The molecule has 1 aliphatic rings. The quantitative estimate of drug-likeness (QED) is 0.509. The molecule has 146 valence electrons. The monoisotopic (exact) mass is 383 g/mol. The van der Waals surface area contributed by atoms with Gasteiger partial charge < -0.3 is 4.90 Å². The van der Waals surface area contributed by atoms with Crippen LogP contribution in [-0.2, 0) is 10.0 Å². The molecular formula is C18H29N3O4S. The Morgan fingerprint density at radius 1 is 1.15 bits per heavy atom. The van der Waals surface area contributed by atoms with E-state index in [-0.39, 0.29) is 10.6 Å². The third-order valence-electron chi connectivity index (χ3n) is 4.97. The first-order chi connectivity index (χ1) is 12.2. The Morgan fingerprint density at radius 3 is 2.38 bits per heavy atom. The molecule has 0 atom stereocenters. The Hall–Kier alpha value is -1.51. The Bertz CT molecular complexity index is 728. The summed E-state index contributed by atoms with van der Waals surface area (Å²) in [4.78, 5) is 12.6. The van der Waals surface area contributed by atoms with Crippen LogP contribution in [0.2, 0.25) is 0 Å². The van der Waals surface area contributed by atoms with Crippen LogP contribution in [0, 0.1) is 23.0 Å². The van der Waals surface area contributed by atoms with E-state index in [1.807, 2.05) is 19.0 Å². The van der Waals surface area contributed by atoms with Crippen LogP contribution in [0.1, 0.15) is 37.7 Å². The van der Waals surface area contributed by atoms with Crippen molar-refractivity contribution in [1.29, 1.82) is 0 Å². The molecule has 1 saturated carbocycles. The number of nitro benzene ring substituents is 1. The maximum atomic E-state index is 13.4. The standard InChI is InChI=1S/C18H29N3O4S/c1-15-8-7-11-17(21(22)23)18(15)26(24,25)20(13-12-19(2)3)14-16-9-5-4-6-10-16/h7-8,11,16H,4-6,9-10,12-14H2,1-3H3. The molecule has 0 spiro atoms. The summed E-state index contributed by atoms with van der Waals surface area (Å²) in [5.74, 6) is 0.323. The van der Waals surface area contributed by atoms with Crippen molar-refractivity contribution in [2.24, 2.45) is 5.92 Å². The molecule has 0 unspecified atom stereocenters. The van der Waals surface area contributed by atoms with Crippen molar-refractivity contribution >= 4 is 15.7 Å². The smallest absolute Gasteiger partial charge is 0.289 e. The van der Waals surface area contributed by atoms with Crippen molar-refractivity contribution in [3.8, 4) is 0 Å². The fourth-order valence-corrected chi connectivity index (χ4v) is 5.39. The Morgan fingerprint density at radius 2 is 1.81 bits per heavy atom. The summed E-state index contributed by atoms with van der Waals surface area (Å²) in [6.45, 7) is 2.95. The molecule has 1 fully saturated rings. The molecule has 1 aromatic rings. The van der Waals surface area contributed by atoms with Gasteiger partial charge in [0.25, 0.3) is 5.69 Å². The van der Waals surface area contributed by atoms with Gasteiger partial charge in [-0.2, -0.15) is 4.31 Å². The van der Waals surface area contributed by atoms with Crippen molar-refractivity contribution in [3.05, 3.63) is 33.9 Å². The number of aryl methyl sites for hydroxylation is 1. The summed E-state index contributed by atoms with van der Waals surface area (Å²) in [7, 11) is -0.156. The molecule has 0 bridgehead atoms. The average Bonchev–Trinajstić information content (AvgIpc) is 2.58. The zero-order valence-electron chi connectivity index (χ0n) is 15.8. The SMILES string of the molecule is Cc1cccc([N+](=O)[O-])c1S(=O)(=O)N(CCN(C)C)CC1CCCCC1. The lowest BCUT2D eigenvalue weighted by molar-refractivity contribution is -0.387. The topological polar surface area (TPSA) is 83.8 Å². The van der Waals surface area contributed by atoms with E-state index in [0.29, 0.717) is 31.1 Å². The second-order valence-electron chi connectivity index (χ2n) is 7.35.